The van der Waals surface area contributed by atoms with E-state index in [2.05, 4.69) is 40.8 Å². The fourth-order valence-corrected chi connectivity index (χ4v) is 2.47. The molecule has 0 unspecified atom stereocenters. The zero-order valence-electron chi connectivity index (χ0n) is 11.0. The van der Waals surface area contributed by atoms with Crippen LogP contribution in [0.2, 0.25) is 0 Å². The molecule has 18 heavy (non-hydrogen) atoms. The quantitative estimate of drug-likeness (QED) is 0.847. The summed E-state index contributed by atoms with van der Waals surface area (Å²) in [7, 11) is 3.67. The van der Waals surface area contributed by atoms with Gasteiger partial charge >= 0.3 is 0 Å². The second-order valence-corrected chi connectivity index (χ2v) is 4.99. The number of aromatic nitrogens is 3. The molecule has 0 bridgehead atoms. The SMILES string of the molecule is COc1c(C)cc(C)cc1CN(C)c1nnns1. The molecule has 1 heterocycles. The lowest BCUT2D eigenvalue weighted by Crippen LogP contribution is -2.17. The highest BCUT2D eigenvalue weighted by Crippen LogP contribution is 2.27. The summed E-state index contributed by atoms with van der Waals surface area (Å²) < 4.78 is 9.24. The largest absolute Gasteiger partial charge is 0.496 e. The maximum atomic E-state index is 5.47. The molecule has 1 aromatic heterocycles. The molecule has 0 atom stereocenters. The van der Waals surface area contributed by atoms with Gasteiger partial charge in [0.25, 0.3) is 0 Å². The molecule has 0 aliphatic heterocycles. The molecule has 2 rings (SSSR count). The molecule has 2 aromatic rings. The highest BCUT2D eigenvalue weighted by atomic mass is 32.1. The van der Waals surface area contributed by atoms with Gasteiger partial charge in [0.05, 0.1) is 7.11 Å². The molecule has 96 valence electrons. The van der Waals surface area contributed by atoms with Crippen LogP contribution in [0.25, 0.3) is 0 Å². The molecule has 0 fully saturated rings. The minimum Gasteiger partial charge on any atom is -0.496 e. The van der Waals surface area contributed by atoms with Crippen molar-refractivity contribution in [2.45, 2.75) is 20.4 Å². The van der Waals surface area contributed by atoms with Crippen LogP contribution >= 0.6 is 11.5 Å². The maximum Gasteiger partial charge on any atom is 0.227 e. The number of rotatable bonds is 4. The van der Waals surface area contributed by atoms with E-state index in [1.165, 1.54) is 17.1 Å². The van der Waals surface area contributed by atoms with Crippen molar-refractivity contribution in [3.05, 3.63) is 28.8 Å². The third kappa shape index (κ3) is 2.59. The molecule has 0 aliphatic rings. The molecule has 0 saturated carbocycles. The number of aryl methyl sites for hydroxylation is 2. The number of hydrogen-bond donors (Lipinski definition) is 0. The van der Waals surface area contributed by atoms with Gasteiger partial charge in [0.15, 0.2) is 0 Å². The average Bonchev–Trinajstić information content (AvgIpc) is 2.81. The lowest BCUT2D eigenvalue weighted by atomic mass is 10.1. The summed E-state index contributed by atoms with van der Waals surface area (Å²) in [6, 6.07) is 4.26. The van der Waals surface area contributed by atoms with Gasteiger partial charge in [-0.15, -0.1) is 0 Å². The van der Waals surface area contributed by atoms with Crippen LogP contribution in [0, 0.1) is 13.8 Å². The van der Waals surface area contributed by atoms with Gasteiger partial charge in [-0.3, -0.25) is 0 Å². The van der Waals surface area contributed by atoms with Crippen molar-refractivity contribution in [2.75, 3.05) is 19.1 Å². The molecule has 0 radical (unpaired) electrons. The lowest BCUT2D eigenvalue weighted by molar-refractivity contribution is 0.406. The molecule has 1 aromatic carbocycles. The number of methoxy groups -OCH3 is 1. The second kappa shape index (κ2) is 5.30. The summed E-state index contributed by atoms with van der Waals surface area (Å²) >= 11 is 1.29. The van der Waals surface area contributed by atoms with Gasteiger partial charge in [0, 0.05) is 30.7 Å². The summed E-state index contributed by atoms with van der Waals surface area (Å²) in [6.07, 6.45) is 0. The van der Waals surface area contributed by atoms with Gasteiger partial charge < -0.3 is 9.64 Å². The maximum absolute atomic E-state index is 5.47. The normalized spacial score (nSPS) is 10.4. The summed E-state index contributed by atoms with van der Waals surface area (Å²) in [5.74, 6) is 0.935. The summed E-state index contributed by atoms with van der Waals surface area (Å²) in [5, 5.41) is 8.37. The van der Waals surface area contributed by atoms with E-state index >= 15 is 0 Å². The Morgan fingerprint density at radius 3 is 2.72 bits per heavy atom. The van der Waals surface area contributed by atoms with Crippen LogP contribution in [-0.2, 0) is 6.54 Å². The Labute approximate surface area is 111 Å². The van der Waals surface area contributed by atoms with E-state index in [0.29, 0.717) is 0 Å². The van der Waals surface area contributed by atoms with Crippen molar-refractivity contribution in [3.8, 4) is 5.75 Å². The molecule has 0 aliphatic carbocycles. The van der Waals surface area contributed by atoms with Crippen molar-refractivity contribution >= 4 is 16.7 Å². The Kier molecular flexibility index (Phi) is 3.76. The van der Waals surface area contributed by atoms with Crippen LogP contribution in [-0.4, -0.2) is 29.0 Å². The van der Waals surface area contributed by atoms with Crippen LogP contribution < -0.4 is 9.64 Å². The first-order valence-corrected chi connectivity index (χ1v) is 6.39. The van der Waals surface area contributed by atoms with Crippen LogP contribution in [0.3, 0.4) is 0 Å². The van der Waals surface area contributed by atoms with Crippen molar-refractivity contribution in [2.24, 2.45) is 0 Å². The van der Waals surface area contributed by atoms with E-state index < -0.39 is 0 Å². The van der Waals surface area contributed by atoms with E-state index in [1.54, 1.807) is 7.11 Å². The van der Waals surface area contributed by atoms with Crippen LogP contribution in [0.5, 0.6) is 5.75 Å². The fraction of sp³-hybridized carbons (Fsp3) is 0.417. The number of hydrogen-bond acceptors (Lipinski definition) is 6. The predicted molar refractivity (Wildman–Crippen MR) is 72.3 cm³/mol. The monoisotopic (exact) mass is 264 g/mol. The molecule has 0 amide bonds. The zero-order chi connectivity index (χ0) is 13.1. The Morgan fingerprint density at radius 1 is 1.33 bits per heavy atom. The van der Waals surface area contributed by atoms with E-state index in [9.17, 15) is 0 Å². The van der Waals surface area contributed by atoms with Gasteiger partial charge in [0.1, 0.15) is 5.75 Å². The fourth-order valence-electron chi connectivity index (χ4n) is 2.05. The van der Waals surface area contributed by atoms with Gasteiger partial charge in [-0.1, -0.05) is 27.3 Å². The highest BCUT2D eigenvalue weighted by Gasteiger charge is 2.12. The minimum atomic E-state index is 0.725. The van der Waals surface area contributed by atoms with Gasteiger partial charge in [-0.25, -0.2) is 0 Å². The third-order valence-corrected chi connectivity index (χ3v) is 3.43. The highest BCUT2D eigenvalue weighted by molar-refractivity contribution is 7.09. The Morgan fingerprint density at radius 2 is 2.11 bits per heavy atom. The van der Waals surface area contributed by atoms with Gasteiger partial charge in [-0.2, -0.15) is 0 Å². The van der Waals surface area contributed by atoms with Gasteiger partial charge in [0.2, 0.25) is 5.13 Å². The summed E-state index contributed by atoms with van der Waals surface area (Å²) in [5.41, 5.74) is 3.52. The molecule has 5 nitrogen and oxygen atoms in total. The number of anilines is 1. The molecule has 0 spiro atoms. The molecule has 6 heteroatoms. The van der Waals surface area contributed by atoms with E-state index in [1.807, 2.05) is 11.9 Å². The Bertz CT molecular complexity index is 527. The molecular weight excluding hydrogens is 248 g/mol. The first-order valence-electron chi connectivity index (χ1n) is 5.62. The Balaban J connectivity index is 2.28. The van der Waals surface area contributed by atoms with E-state index in [4.69, 9.17) is 4.74 Å². The first kappa shape index (κ1) is 12.8. The number of ether oxygens (including phenoxy) is 1. The Hall–Kier alpha value is -1.69. The minimum absolute atomic E-state index is 0.725. The molecular formula is C12H16N4OS. The third-order valence-electron chi connectivity index (χ3n) is 2.72. The van der Waals surface area contributed by atoms with Gasteiger partial charge in [-0.05, 0) is 24.6 Å². The zero-order valence-corrected chi connectivity index (χ0v) is 11.8. The second-order valence-electron chi connectivity index (χ2n) is 4.28. The first-order chi connectivity index (χ1) is 8.61. The average molecular weight is 264 g/mol. The molecule has 0 saturated heterocycles. The van der Waals surface area contributed by atoms with Crippen molar-refractivity contribution < 1.29 is 4.74 Å². The topological polar surface area (TPSA) is 51.1 Å². The van der Waals surface area contributed by atoms with E-state index in [-0.39, 0.29) is 0 Å². The standard InChI is InChI=1S/C12H16N4OS/c1-8-5-9(2)11(17-4)10(6-8)7-16(3)12-13-14-15-18-12/h5-6H,7H2,1-4H3. The predicted octanol–water partition coefficient (Wildman–Crippen LogP) is 2.19. The summed E-state index contributed by atoms with van der Waals surface area (Å²) in [6.45, 7) is 4.87. The number of benzene rings is 1. The van der Waals surface area contributed by atoms with Crippen molar-refractivity contribution in [1.29, 1.82) is 0 Å². The molecule has 0 N–H and O–H groups in total. The van der Waals surface area contributed by atoms with Crippen LogP contribution in [0.15, 0.2) is 12.1 Å². The van der Waals surface area contributed by atoms with Crippen LogP contribution in [0.4, 0.5) is 5.13 Å². The van der Waals surface area contributed by atoms with E-state index in [0.717, 1.165) is 28.6 Å². The smallest absolute Gasteiger partial charge is 0.227 e. The van der Waals surface area contributed by atoms with Crippen LogP contribution in [0.1, 0.15) is 16.7 Å². The number of nitrogens with zero attached hydrogens (tertiary/aromatic N) is 4. The van der Waals surface area contributed by atoms with Crippen molar-refractivity contribution in [1.82, 2.24) is 14.8 Å². The van der Waals surface area contributed by atoms with Crippen molar-refractivity contribution in [3.63, 3.8) is 0 Å². The lowest BCUT2D eigenvalue weighted by Gasteiger charge is -2.18. The summed E-state index contributed by atoms with van der Waals surface area (Å²) in [4.78, 5) is 2.02.